The fourth-order valence-corrected chi connectivity index (χ4v) is 3.01. The van der Waals surface area contributed by atoms with Gasteiger partial charge in [-0.3, -0.25) is 0 Å². The van der Waals surface area contributed by atoms with Gasteiger partial charge in [0.25, 0.3) is 10.0 Å². The first-order valence-electron chi connectivity index (χ1n) is 5.82. The Labute approximate surface area is 110 Å². The molecule has 8 heteroatoms. The molecule has 1 N–H and O–H groups in total. The number of nitrogens with zero attached hydrogens (tertiary/aromatic N) is 1. The third-order valence-corrected chi connectivity index (χ3v) is 4.64. The maximum absolute atomic E-state index is 12.1. The van der Waals surface area contributed by atoms with Crippen LogP contribution >= 0.6 is 0 Å². The Bertz CT molecular complexity index is 557. The Morgan fingerprint density at radius 1 is 1.53 bits per heavy atom. The molecule has 7 nitrogen and oxygen atoms in total. The summed E-state index contributed by atoms with van der Waals surface area (Å²) in [4.78, 5) is 10.7. The smallest absolute Gasteiger partial charge is 0.371 e. The van der Waals surface area contributed by atoms with E-state index in [9.17, 15) is 13.2 Å². The van der Waals surface area contributed by atoms with Gasteiger partial charge in [-0.1, -0.05) is 0 Å². The first-order chi connectivity index (χ1) is 8.91. The number of hydrogen-bond acceptors (Lipinski definition) is 5. The van der Waals surface area contributed by atoms with Crippen LogP contribution in [0.2, 0.25) is 0 Å². The highest BCUT2D eigenvalue weighted by Crippen LogP contribution is 2.20. The van der Waals surface area contributed by atoms with Crippen LogP contribution in [0.4, 0.5) is 0 Å². The predicted molar refractivity (Wildman–Crippen MR) is 64.5 cm³/mol. The molecule has 2 heterocycles. The number of carbonyl (C=O) groups is 1. The molecule has 1 aliphatic rings. The molecule has 1 unspecified atom stereocenters. The number of carboxylic acid groups (broad SMARTS) is 1. The Morgan fingerprint density at radius 3 is 2.79 bits per heavy atom. The third-order valence-electron chi connectivity index (χ3n) is 2.94. The molecule has 1 aromatic rings. The minimum atomic E-state index is -3.82. The second kappa shape index (κ2) is 5.32. The SMILES string of the molecule is CN(CC1CCCO1)S(=O)(=O)c1ccc(C(=O)O)o1. The summed E-state index contributed by atoms with van der Waals surface area (Å²) in [7, 11) is -2.40. The molecule has 1 aromatic heterocycles. The van der Waals surface area contributed by atoms with Crippen LogP contribution in [0.15, 0.2) is 21.6 Å². The topological polar surface area (TPSA) is 97.0 Å². The van der Waals surface area contributed by atoms with Gasteiger partial charge >= 0.3 is 5.97 Å². The minimum Gasteiger partial charge on any atom is -0.475 e. The Kier molecular flexibility index (Phi) is 3.93. The van der Waals surface area contributed by atoms with Gasteiger partial charge in [0.2, 0.25) is 10.9 Å². The van der Waals surface area contributed by atoms with Crippen molar-refractivity contribution >= 4 is 16.0 Å². The number of ether oxygens (including phenoxy) is 1. The van der Waals surface area contributed by atoms with E-state index < -0.39 is 21.8 Å². The first-order valence-corrected chi connectivity index (χ1v) is 7.26. The maximum atomic E-state index is 12.1. The van der Waals surface area contributed by atoms with E-state index in [0.29, 0.717) is 6.61 Å². The van der Waals surface area contributed by atoms with Gasteiger partial charge in [0.05, 0.1) is 6.10 Å². The number of aromatic carboxylic acids is 1. The van der Waals surface area contributed by atoms with Crippen LogP contribution in [-0.4, -0.2) is 50.1 Å². The molecule has 0 bridgehead atoms. The van der Waals surface area contributed by atoms with Crippen molar-refractivity contribution in [1.82, 2.24) is 4.31 Å². The van der Waals surface area contributed by atoms with Gasteiger partial charge in [-0.2, -0.15) is 4.31 Å². The molecule has 0 radical (unpaired) electrons. The van der Waals surface area contributed by atoms with Crippen LogP contribution in [0.1, 0.15) is 23.4 Å². The molecule has 1 fully saturated rings. The highest BCUT2D eigenvalue weighted by Gasteiger charge is 2.29. The van der Waals surface area contributed by atoms with Crippen molar-refractivity contribution in [2.75, 3.05) is 20.2 Å². The van der Waals surface area contributed by atoms with Crippen LogP contribution in [0.3, 0.4) is 0 Å². The molecule has 0 amide bonds. The van der Waals surface area contributed by atoms with Gasteiger partial charge in [0.15, 0.2) is 0 Å². The Hall–Kier alpha value is -1.38. The van der Waals surface area contributed by atoms with Crippen molar-refractivity contribution in [1.29, 1.82) is 0 Å². The minimum absolute atomic E-state index is 0.117. The summed E-state index contributed by atoms with van der Waals surface area (Å²) in [5.41, 5.74) is 0. The average molecular weight is 289 g/mol. The first kappa shape index (κ1) is 14.0. The molecule has 1 saturated heterocycles. The van der Waals surface area contributed by atoms with Gasteiger partial charge in [-0.15, -0.1) is 0 Å². The fraction of sp³-hybridized carbons (Fsp3) is 0.545. The van der Waals surface area contributed by atoms with Crippen molar-refractivity contribution in [2.24, 2.45) is 0 Å². The number of carboxylic acids is 1. The molecular weight excluding hydrogens is 274 g/mol. The number of furan rings is 1. The summed E-state index contributed by atoms with van der Waals surface area (Å²) in [6.45, 7) is 0.869. The molecule has 106 valence electrons. The highest BCUT2D eigenvalue weighted by atomic mass is 32.2. The maximum Gasteiger partial charge on any atom is 0.371 e. The van der Waals surface area contributed by atoms with Crippen LogP contribution in [0.5, 0.6) is 0 Å². The summed E-state index contributed by atoms with van der Waals surface area (Å²) in [5.74, 6) is -1.70. The molecular formula is C11H15NO6S. The van der Waals surface area contributed by atoms with E-state index >= 15 is 0 Å². The number of rotatable bonds is 5. The summed E-state index contributed by atoms with van der Waals surface area (Å²) >= 11 is 0. The molecule has 19 heavy (non-hydrogen) atoms. The average Bonchev–Trinajstić information content (AvgIpc) is 2.99. The van der Waals surface area contributed by atoms with Gasteiger partial charge in [-0.25, -0.2) is 13.2 Å². The molecule has 2 rings (SSSR count). The number of hydrogen-bond donors (Lipinski definition) is 1. The molecule has 1 aliphatic heterocycles. The lowest BCUT2D eigenvalue weighted by Gasteiger charge is -2.18. The highest BCUT2D eigenvalue weighted by molar-refractivity contribution is 7.89. The summed E-state index contributed by atoms with van der Waals surface area (Å²) < 4.78 is 35.6. The van der Waals surface area contributed by atoms with E-state index in [1.807, 2.05) is 0 Å². The van der Waals surface area contributed by atoms with Gasteiger partial charge < -0.3 is 14.3 Å². The predicted octanol–water partition coefficient (Wildman–Crippen LogP) is 0.777. The normalized spacial score (nSPS) is 20.0. The van der Waals surface area contributed by atoms with E-state index in [4.69, 9.17) is 14.3 Å². The Morgan fingerprint density at radius 2 is 2.26 bits per heavy atom. The van der Waals surface area contributed by atoms with E-state index in [-0.39, 0.29) is 17.7 Å². The van der Waals surface area contributed by atoms with Gasteiger partial charge in [-0.05, 0) is 25.0 Å². The summed E-state index contributed by atoms with van der Waals surface area (Å²) in [5, 5.41) is 8.34. The van der Waals surface area contributed by atoms with E-state index in [1.165, 1.54) is 7.05 Å². The van der Waals surface area contributed by atoms with Crippen LogP contribution in [-0.2, 0) is 14.8 Å². The van der Waals surface area contributed by atoms with E-state index in [0.717, 1.165) is 29.3 Å². The Balaban J connectivity index is 2.13. The zero-order chi connectivity index (χ0) is 14.0. The lowest BCUT2D eigenvalue weighted by atomic mass is 10.2. The quantitative estimate of drug-likeness (QED) is 0.860. The van der Waals surface area contributed by atoms with E-state index in [2.05, 4.69) is 0 Å². The van der Waals surface area contributed by atoms with Crippen molar-refractivity contribution in [3.05, 3.63) is 17.9 Å². The lowest BCUT2D eigenvalue weighted by molar-refractivity contribution is 0.0655. The molecule has 0 saturated carbocycles. The van der Waals surface area contributed by atoms with Crippen molar-refractivity contribution in [3.63, 3.8) is 0 Å². The van der Waals surface area contributed by atoms with Crippen molar-refractivity contribution in [2.45, 2.75) is 24.0 Å². The summed E-state index contributed by atoms with van der Waals surface area (Å²) in [6, 6.07) is 2.26. The number of sulfonamides is 1. The zero-order valence-electron chi connectivity index (χ0n) is 10.4. The largest absolute Gasteiger partial charge is 0.475 e. The second-order valence-electron chi connectivity index (χ2n) is 4.34. The van der Waals surface area contributed by atoms with Crippen molar-refractivity contribution < 1.29 is 27.5 Å². The van der Waals surface area contributed by atoms with Crippen molar-refractivity contribution in [3.8, 4) is 0 Å². The van der Waals surface area contributed by atoms with Crippen LogP contribution in [0.25, 0.3) is 0 Å². The molecule has 0 aromatic carbocycles. The molecule has 0 aliphatic carbocycles. The fourth-order valence-electron chi connectivity index (χ4n) is 1.90. The zero-order valence-corrected chi connectivity index (χ0v) is 11.2. The number of likely N-dealkylation sites (N-methyl/N-ethyl adjacent to an activating group) is 1. The molecule has 1 atom stereocenters. The molecule has 0 spiro atoms. The van der Waals surface area contributed by atoms with E-state index in [1.54, 1.807) is 0 Å². The standard InChI is InChI=1S/C11H15NO6S/c1-12(7-8-3-2-6-17-8)19(15,16)10-5-4-9(18-10)11(13)14/h4-5,8H,2-3,6-7H2,1H3,(H,13,14). The van der Waals surface area contributed by atoms with Gasteiger partial charge in [0, 0.05) is 20.2 Å². The summed E-state index contributed by atoms with van der Waals surface area (Å²) in [6.07, 6.45) is 1.62. The van der Waals surface area contributed by atoms with Crippen LogP contribution in [0, 0.1) is 0 Å². The monoisotopic (exact) mass is 289 g/mol. The third kappa shape index (κ3) is 2.96. The second-order valence-corrected chi connectivity index (χ2v) is 6.32. The van der Waals surface area contributed by atoms with Gasteiger partial charge in [0.1, 0.15) is 0 Å². The lowest BCUT2D eigenvalue weighted by Crippen LogP contribution is -2.33. The van der Waals surface area contributed by atoms with Crippen LogP contribution < -0.4 is 0 Å².